The van der Waals surface area contributed by atoms with Crippen molar-refractivity contribution in [2.45, 2.75) is 19.8 Å². The number of halogens is 1. The Morgan fingerprint density at radius 1 is 1.33 bits per heavy atom. The van der Waals surface area contributed by atoms with Gasteiger partial charge < -0.3 is 0 Å². The molecule has 4 nitrogen and oxygen atoms in total. The summed E-state index contributed by atoms with van der Waals surface area (Å²) in [6.07, 6.45) is 1.61. The summed E-state index contributed by atoms with van der Waals surface area (Å²) >= 11 is 3.47. The predicted molar refractivity (Wildman–Crippen MR) is 60.9 cm³/mol. The second kappa shape index (κ2) is 4.10. The Kier molecular flexibility index (Phi) is 2.81. The van der Waals surface area contributed by atoms with E-state index in [9.17, 15) is 0 Å². The first-order valence-electron chi connectivity index (χ1n) is 4.71. The topological polar surface area (TPSA) is 43.6 Å². The fourth-order valence-electron chi connectivity index (χ4n) is 1.47. The van der Waals surface area contributed by atoms with Gasteiger partial charge in [-0.2, -0.15) is 0 Å². The molecule has 2 rings (SSSR count). The van der Waals surface area contributed by atoms with Crippen LogP contribution in [0.25, 0.3) is 5.69 Å². The Morgan fingerprint density at radius 3 is 2.73 bits per heavy atom. The van der Waals surface area contributed by atoms with Crippen LogP contribution in [0.15, 0.2) is 29.0 Å². The third-order valence-corrected chi connectivity index (χ3v) is 2.70. The number of hydrogen-bond donors (Lipinski definition) is 0. The third kappa shape index (κ3) is 2.07. The van der Waals surface area contributed by atoms with E-state index >= 15 is 0 Å². The minimum Gasteiger partial charge on any atom is -0.200 e. The van der Waals surface area contributed by atoms with Crippen LogP contribution in [0.5, 0.6) is 0 Å². The van der Waals surface area contributed by atoms with Crippen LogP contribution in [-0.2, 0) is 0 Å². The molecule has 2 aromatic rings. The molecule has 0 atom stereocenters. The number of rotatable bonds is 2. The summed E-state index contributed by atoms with van der Waals surface area (Å²) in [5.41, 5.74) is 2.25. The van der Waals surface area contributed by atoms with E-state index in [1.54, 1.807) is 11.0 Å². The van der Waals surface area contributed by atoms with Crippen molar-refractivity contribution in [3.05, 3.63) is 34.6 Å². The minimum atomic E-state index is 0.432. The van der Waals surface area contributed by atoms with E-state index in [0.29, 0.717) is 5.92 Å². The summed E-state index contributed by atoms with van der Waals surface area (Å²) < 4.78 is 2.75. The Balaban J connectivity index is 2.56. The Morgan fingerprint density at radius 2 is 2.13 bits per heavy atom. The molecule has 1 heterocycles. The van der Waals surface area contributed by atoms with Gasteiger partial charge in [-0.25, -0.2) is 4.68 Å². The molecule has 0 aliphatic rings. The standard InChI is InChI=1S/C10H11BrN4/c1-7(2)9-5-8(11)3-4-10(9)15-6-12-13-14-15/h3-7H,1-2H3. The van der Waals surface area contributed by atoms with Crippen molar-refractivity contribution in [1.82, 2.24) is 20.2 Å². The normalized spacial score (nSPS) is 10.9. The molecule has 78 valence electrons. The second-order valence-electron chi connectivity index (χ2n) is 3.61. The molecule has 0 aliphatic carbocycles. The van der Waals surface area contributed by atoms with Gasteiger partial charge in [0.05, 0.1) is 5.69 Å². The molecule has 1 aromatic carbocycles. The van der Waals surface area contributed by atoms with E-state index in [1.807, 2.05) is 12.1 Å². The average Bonchev–Trinajstić information content (AvgIpc) is 2.70. The summed E-state index contributed by atoms with van der Waals surface area (Å²) in [7, 11) is 0. The highest BCUT2D eigenvalue weighted by Crippen LogP contribution is 2.25. The molecule has 0 bridgehead atoms. The third-order valence-electron chi connectivity index (χ3n) is 2.21. The zero-order valence-electron chi connectivity index (χ0n) is 8.55. The molecule has 0 aliphatic heterocycles. The summed E-state index contributed by atoms with van der Waals surface area (Å²) in [5.74, 6) is 0.432. The zero-order valence-corrected chi connectivity index (χ0v) is 10.1. The highest BCUT2D eigenvalue weighted by atomic mass is 79.9. The fraction of sp³-hybridized carbons (Fsp3) is 0.300. The molecule has 0 unspecified atom stereocenters. The summed E-state index contributed by atoms with van der Waals surface area (Å²) in [5, 5.41) is 11.2. The fourth-order valence-corrected chi connectivity index (χ4v) is 1.85. The first kappa shape index (κ1) is 10.3. The first-order valence-corrected chi connectivity index (χ1v) is 5.50. The molecule has 0 fully saturated rings. The number of hydrogen-bond acceptors (Lipinski definition) is 3. The molecule has 1 aromatic heterocycles. The van der Waals surface area contributed by atoms with Gasteiger partial charge in [0.2, 0.25) is 0 Å². The van der Waals surface area contributed by atoms with Crippen LogP contribution in [0.3, 0.4) is 0 Å². The van der Waals surface area contributed by atoms with Gasteiger partial charge in [-0.15, -0.1) is 5.10 Å². The average molecular weight is 267 g/mol. The molecule has 0 spiro atoms. The van der Waals surface area contributed by atoms with Crippen molar-refractivity contribution in [3.63, 3.8) is 0 Å². The van der Waals surface area contributed by atoms with Crippen molar-refractivity contribution < 1.29 is 0 Å². The second-order valence-corrected chi connectivity index (χ2v) is 4.53. The lowest BCUT2D eigenvalue weighted by Crippen LogP contribution is -2.02. The Labute approximate surface area is 96.4 Å². The van der Waals surface area contributed by atoms with Crippen molar-refractivity contribution >= 4 is 15.9 Å². The van der Waals surface area contributed by atoms with E-state index in [0.717, 1.165) is 10.2 Å². The van der Waals surface area contributed by atoms with Crippen LogP contribution in [0.2, 0.25) is 0 Å². The molecule has 0 radical (unpaired) electrons. The first-order chi connectivity index (χ1) is 7.18. The lowest BCUT2D eigenvalue weighted by atomic mass is 10.0. The number of nitrogens with zero attached hydrogens (tertiary/aromatic N) is 4. The smallest absolute Gasteiger partial charge is 0.143 e. The van der Waals surface area contributed by atoms with E-state index in [4.69, 9.17) is 0 Å². The minimum absolute atomic E-state index is 0.432. The highest BCUT2D eigenvalue weighted by Gasteiger charge is 2.09. The lowest BCUT2D eigenvalue weighted by Gasteiger charge is -2.11. The van der Waals surface area contributed by atoms with Crippen LogP contribution >= 0.6 is 15.9 Å². The van der Waals surface area contributed by atoms with Gasteiger partial charge in [0.1, 0.15) is 6.33 Å². The zero-order chi connectivity index (χ0) is 10.8. The maximum absolute atomic E-state index is 3.90. The summed E-state index contributed by atoms with van der Waals surface area (Å²) in [4.78, 5) is 0. The number of tetrazole rings is 1. The molecule has 0 N–H and O–H groups in total. The van der Waals surface area contributed by atoms with Crippen LogP contribution in [-0.4, -0.2) is 20.2 Å². The maximum Gasteiger partial charge on any atom is 0.143 e. The predicted octanol–water partition coefficient (Wildman–Crippen LogP) is 2.55. The van der Waals surface area contributed by atoms with Crippen LogP contribution in [0, 0.1) is 0 Å². The summed E-state index contributed by atoms with van der Waals surface area (Å²) in [6.45, 7) is 4.30. The Hall–Kier alpha value is -1.23. The maximum atomic E-state index is 3.90. The summed E-state index contributed by atoms with van der Waals surface area (Å²) in [6, 6.07) is 6.10. The van der Waals surface area contributed by atoms with Crippen molar-refractivity contribution in [1.29, 1.82) is 0 Å². The lowest BCUT2D eigenvalue weighted by molar-refractivity contribution is 0.762. The van der Waals surface area contributed by atoms with Gasteiger partial charge in [-0.3, -0.25) is 0 Å². The van der Waals surface area contributed by atoms with E-state index in [-0.39, 0.29) is 0 Å². The molecule has 5 heteroatoms. The van der Waals surface area contributed by atoms with Crippen molar-refractivity contribution in [3.8, 4) is 5.69 Å². The van der Waals surface area contributed by atoms with Crippen LogP contribution in [0.4, 0.5) is 0 Å². The van der Waals surface area contributed by atoms with Gasteiger partial charge in [-0.1, -0.05) is 29.8 Å². The van der Waals surface area contributed by atoms with Gasteiger partial charge in [0.25, 0.3) is 0 Å². The van der Waals surface area contributed by atoms with Crippen molar-refractivity contribution in [2.24, 2.45) is 0 Å². The Bertz CT molecular complexity index is 450. The van der Waals surface area contributed by atoms with Gasteiger partial charge in [-0.05, 0) is 40.1 Å². The van der Waals surface area contributed by atoms with Gasteiger partial charge >= 0.3 is 0 Å². The SMILES string of the molecule is CC(C)c1cc(Br)ccc1-n1cnnn1. The molecular weight excluding hydrogens is 256 g/mol. The van der Waals surface area contributed by atoms with Gasteiger partial charge in [0.15, 0.2) is 0 Å². The highest BCUT2D eigenvalue weighted by molar-refractivity contribution is 9.10. The van der Waals surface area contributed by atoms with Gasteiger partial charge in [0, 0.05) is 4.47 Å². The molecule has 0 saturated heterocycles. The van der Waals surface area contributed by atoms with Crippen LogP contribution in [0.1, 0.15) is 25.3 Å². The molecule has 15 heavy (non-hydrogen) atoms. The largest absolute Gasteiger partial charge is 0.200 e. The van der Waals surface area contributed by atoms with E-state index in [1.165, 1.54) is 5.56 Å². The quantitative estimate of drug-likeness (QED) is 0.839. The molecule has 0 saturated carbocycles. The molecule has 0 amide bonds. The molecular formula is C10H11BrN4. The monoisotopic (exact) mass is 266 g/mol. The van der Waals surface area contributed by atoms with Crippen LogP contribution < -0.4 is 0 Å². The van der Waals surface area contributed by atoms with E-state index in [2.05, 4.69) is 51.4 Å². The number of aromatic nitrogens is 4. The van der Waals surface area contributed by atoms with E-state index < -0.39 is 0 Å². The number of benzene rings is 1. The van der Waals surface area contributed by atoms with Crippen molar-refractivity contribution in [2.75, 3.05) is 0 Å².